The average molecular weight is 439 g/mol. The predicted octanol–water partition coefficient (Wildman–Crippen LogP) is 6.51. The standard InChI is InChI=1S/C29H42O3/c1-17(19(3)16-30)7-8-18(2)22-11-12-24-21-9-10-23-20(4)25(31)13-14-28(23,5)27(21)26(32)15-29(22,24)6/h16,18-20,22-24H,1,7-15H2,2-6H3/t18-,19?,20+,22-,23+,24+,28+,29-/m1/s1. The fourth-order valence-electron chi connectivity index (χ4n) is 8.50. The van der Waals surface area contributed by atoms with Gasteiger partial charge in [0, 0.05) is 30.3 Å². The van der Waals surface area contributed by atoms with Crippen LogP contribution in [0.4, 0.5) is 0 Å². The summed E-state index contributed by atoms with van der Waals surface area (Å²) in [6.45, 7) is 15.2. The summed E-state index contributed by atoms with van der Waals surface area (Å²) >= 11 is 0. The van der Waals surface area contributed by atoms with E-state index in [1.54, 1.807) is 0 Å². The molecule has 8 atom stereocenters. The quantitative estimate of drug-likeness (QED) is 0.351. The maximum Gasteiger partial charge on any atom is 0.159 e. The molecular formula is C29H42O3. The number of Topliss-reactive ketones (excluding diaryl/α,β-unsaturated/α-hetero) is 2. The minimum absolute atomic E-state index is 0.0479. The van der Waals surface area contributed by atoms with Crippen molar-refractivity contribution >= 4 is 17.9 Å². The van der Waals surface area contributed by atoms with E-state index in [0.717, 1.165) is 49.5 Å². The Morgan fingerprint density at radius 2 is 1.88 bits per heavy atom. The van der Waals surface area contributed by atoms with Crippen LogP contribution in [0.25, 0.3) is 0 Å². The molecule has 0 aromatic heterocycles. The second kappa shape index (κ2) is 8.37. The van der Waals surface area contributed by atoms with Crippen molar-refractivity contribution in [3.05, 3.63) is 23.3 Å². The molecule has 0 spiro atoms. The van der Waals surface area contributed by atoms with Crippen LogP contribution in [-0.4, -0.2) is 17.9 Å². The number of carbonyl (C=O) groups excluding carboxylic acids is 3. The van der Waals surface area contributed by atoms with E-state index in [2.05, 4.69) is 34.3 Å². The van der Waals surface area contributed by atoms with Crippen molar-refractivity contribution in [2.75, 3.05) is 0 Å². The Hall–Kier alpha value is -1.51. The largest absolute Gasteiger partial charge is 0.303 e. The zero-order valence-corrected chi connectivity index (χ0v) is 20.8. The lowest BCUT2D eigenvalue weighted by atomic mass is 9.48. The van der Waals surface area contributed by atoms with Crippen LogP contribution >= 0.6 is 0 Å². The highest BCUT2D eigenvalue weighted by Gasteiger charge is 2.59. The number of aldehydes is 1. The summed E-state index contributed by atoms with van der Waals surface area (Å²) < 4.78 is 0. The summed E-state index contributed by atoms with van der Waals surface area (Å²) in [5, 5.41) is 0. The first-order chi connectivity index (χ1) is 15.0. The van der Waals surface area contributed by atoms with Crippen LogP contribution in [0.3, 0.4) is 0 Å². The van der Waals surface area contributed by atoms with Crippen molar-refractivity contribution < 1.29 is 14.4 Å². The van der Waals surface area contributed by atoms with E-state index in [0.29, 0.717) is 48.1 Å². The first-order valence-electron chi connectivity index (χ1n) is 13.0. The molecule has 2 fully saturated rings. The fraction of sp³-hybridized carbons (Fsp3) is 0.759. The van der Waals surface area contributed by atoms with Gasteiger partial charge >= 0.3 is 0 Å². The summed E-state index contributed by atoms with van der Waals surface area (Å²) in [5.41, 5.74) is 3.59. The fourth-order valence-corrected chi connectivity index (χ4v) is 8.50. The van der Waals surface area contributed by atoms with E-state index >= 15 is 0 Å². The average Bonchev–Trinajstić information content (AvgIpc) is 3.10. The van der Waals surface area contributed by atoms with Gasteiger partial charge in [-0.15, -0.1) is 0 Å². The van der Waals surface area contributed by atoms with Crippen LogP contribution in [0.15, 0.2) is 23.3 Å². The number of hydrogen-bond acceptors (Lipinski definition) is 3. The number of ketones is 2. The Bertz CT molecular complexity index is 866. The van der Waals surface area contributed by atoms with Crippen molar-refractivity contribution in [2.45, 2.75) is 92.4 Å². The molecule has 3 nitrogen and oxygen atoms in total. The summed E-state index contributed by atoms with van der Waals surface area (Å²) in [4.78, 5) is 37.3. The molecule has 32 heavy (non-hydrogen) atoms. The van der Waals surface area contributed by atoms with Gasteiger partial charge in [-0.3, -0.25) is 9.59 Å². The molecule has 4 aliphatic carbocycles. The molecule has 4 aliphatic rings. The number of allylic oxidation sites excluding steroid dienone is 3. The van der Waals surface area contributed by atoms with Gasteiger partial charge in [-0.1, -0.05) is 52.3 Å². The van der Waals surface area contributed by atoms with E-state index in [9.17, 15) is 14.4 Å². The number of fused-ring (bicyclic) bond motifs is 4. The van der Waals surface area contributed by atoms with Crippen LogP contribution in [0.5, 0.6) is 0 Å². The monoisotopic (exact) mass is 438 g/mol. The lowest BCUT2D eigenvalue weighted by Crippen LogP contribution is -2.50. The normalized spacial score (nSPS) is 40.9. The lowest BCUT2D eigenvalue weighted by molar-refractivity contribution is -0.133. The number of hydrogen-bond donors (Lipinski definition) is 0. The zero-order chi connectivity index (χ0) is 23.4. The van der Waals surface area contributed by atoms with E-state index in [1.165, 1.54) is 18.4 Å². The van der Waals surface area contributed by atoms with Crippen LogP contribution < -0.4 is 0 Å². The van der Waals surface area contributed by atoms with Crippen LogP contribution in [0.1, 0.15) is 92.4 Å². The number of rotatable bonds is 6. The second-order valence-corrected chi connectivity index (χ2v) is 12.2. The summed E-state index contributed by atoms with van der Waals surface area (Å²) in [6.07, 6.45) is 9.53. The van der Waals surface area contributed by atoms with Gasteiger partial charge < -0.3 is 4.79 Å². The summed E-state index contributed by atoms with van der Waals surface area (Å²) in [6, 6.07) is 0. The molecule has 0 N–H and O–H groups in total. The molecular weight excluding hydrogens is 396 g/mol. The Balaban J connectivity index is 1.58. The van der Waals surface area contributed by atoms with Gasteiger partial charge in [0.05, 0.1) is 0 Å². The first-order valence-corrected chi connectivity index (χ1v) is 13.0. The van der Waals surface area contributed by atoms with E-state index in [-0.39, 0.29) is 22.7 Å². The maximum atomic E-state index is 13.8. The van der Waals surface area contributed by atoms with Gasteiger partial charge in [0.25, 0.3) is 0 Å². The van der Waals surface area contributed by atoms with E-state index in [4.69, 9.17) is 0 Å². The third-order valence-corrected chi connectivity index (χ3v) is 10.5. The molecule has 0 aliphatic heterocycles. The van der Waals surface area contributed by atoms with Gasteiger partial charge in [0.15, 0.2) is 5.78 Å². The highest BCUT2D eigenvalue weighted by atomic mass is 16.1. The minimum atomic E-state index is -0.105. The minimum Gasteiger partial charge on any atom is -0.303 e. The van der Waals surface area contributed by atoms with Gasteiger partial charge in [0.2, 0.25) is 0 Å². The molecule has 4 rings (SSSR count). The molecule has 0 aromatic rings. The second-order valence-electron chi connectivity index (χ2n) is 12.2. The van der Waals surface area contributed by atoms with Crippen LogP contribution in [-0.2, 0) is 14.4 Å². The molecule has 0 radical (unpaired) electrons. The van der Waals surface area contributed by atoms with Crippen molar-refractivity contribution in [1.82, 2.24) is 0 Å². The van der Waals surface area contributed by atoms with E-state index < -0.39 is 0 Å². The molecule has 0 aromatic carbocycles. The van der Waals surface area contributed by atoms with Crippen molar-refractivity contribution in [3.63, 3.8) is 0 Å². The van der Waals surface area contributed by atoms with Crippen molar-refractivity contribution in [2.24, 2.45) is 46.3 Å². The van der Waals surface area contributed by atoms with Crippen LogP contribution in [0, 0.1) is 46.3 Å². The lowest BCUT2D eigenvalue weighted by Gasteiger charge is -2.54. The van der Waals surface area contributed by atoms with E-state index in [1.807, 2.05) is 6.92 Å². The molecule has 0 bridgehead atoms. The highest BCUT2D eigenvalue weighted by molar-refractivity contribution is 6.00. The molecule has 0 amide bonds. The molecule has 3 heteroatoms. The topological polar surface area (TPSA) is 51.2 Å². The van der Waals surface area contributed by atoms with Crippen molar-refractivity contribution in [3.8, 4) is 0 Å². The smallest absolute Gasteiger partial charge is 0.159 e. The molecule has 176 valence electrons. The van der Waals surface area contributed by atoms with Gasteiger partial charge in [0.1, 0.15) is 12.1 Å². The first kappa shape index (κ1) is 23.6. The van der Waals surface area contributed by atoms with Gasteiger partial charge in [-0.2, -0.15) is 0 Å². The Kier molecular flexibility index (Phi) is 6.18. The Morgan fingerprint density at radius 3 is 2.56 bits per heavy atom. The maximum absolute atomic E-state index is 13.8. The summed E-state index contributed by atoms with van der Waals surface area (Å²) in [5.74, 6) is 2.71. The van der Waals surface area contributed by atoms with Gasteiger partial charge in [-0.05, 0) is 79.4 Å². The third-order valence-electron chi connectivity index (χ3n) is 10.5. The molecule has 0 heterocycles. The molecule has 1 unspecified atom stereocenters. The Morgan fingerprint density at radius 1 is 1.16 bits per heavy atom. The predicted molar refractivity (Wildman–Crippen MR) is 128 cm³/mol. The highest BCUT2D eigenvalue weighted by Crippen LogP contribution is 2.65. The zero-order valence-electron chi connectivity index (χ0n) is 20.8. The molecule has 0 saturated heterocycles. The number of carbonyl (C=O) groups is 3. The summed E-state index contributed by atoms with van der Waals surface area (Å²) in [7, 11) is 0. The Labute approximate surface area is 194 Å². The van der Waals surface area contributed by atoms with Crippen LogP contribution in [0.2, 0.25) is 0 Å². The molecule has 2 saturated carbocycles. The van der Waals surface area contributed by atoms with Crippen molar-refractivity contribution in [1.29, 1.82) is 0 Å². The SMILES string of the molecule is C=C(CC[C@@H](C)[C@H]1CC[C@H]2C3=C(C(=O)C[C@]12C)[C@@]1(C)CCC(=O)[C@@H](C)[C@@H]1CC3)C(C)C=O. The third kappa shape index (κ3) is 3.49. The van der Waals surface area contributed by atoms with Gasteiger partial charge in [-0.25, -0.2) is 0 Å².